The van der Waals surface area contributed by atoms with Crippen molar-refractivity contribution in [3.05, 3.63) is 39.7 Å². The fourth-order valence-corrected chi connectivity index (χ4v) is 2.33. The smallest absolute Gasteiger partial charge is 0.339 e. The van der Waals surface area contributed by atoms with Gasteiger partial charge in [0, 0.05) is 5.56 Å². The predicted molar refractivity (Wildman–Crippen MR) is 72.1 cm³/mol. The Hall–Kier alpha value is -1.77. The van der Waals surface area contributed by atoms with Crippen LogP contribution >= 0.6 is 0 Å². The lowest BCUT2D eigenvalue weighted by Crippen LogP contribution is -2.11. The molecule has 0 atom stereocenters. The molecule has 0 spiro atoms. The van der Waals surface area contributed by atoms with Crippen LogP contribution in [0, 0.1) is 0 Å². The topological polar surface area (TPSA) is 50.4 Å². The summed E-state index contributed by atoms with van der Waals surface area (Å²) in [7, 11) is 0. The average molecular weight is 246 g/mol. The minimum atomic E-state index is -0.276. The second-order valence-corrected chi connectivity index (χ2v) is 4.45. The third-order valence-corrected chi connectivity index (χ3v) is 3.25. The van der Waals surface area contributed by atoms with Gasteiger partial charge in [0.1, 0.15) is 11.3 Å². The Kier molecular flexibility index (Phi) is 3.70. The second-order valence-electron chi connectivity index (χ2n) is 4.45. The molecule has 2 aromatic rings. The number of hydrogen-bond donors (Lipinski definition) is 1. The van der Waals surface area contributed by atoms with E-state index in [1.54, 1.807) is 18.2 Å². The van der Waals surface area contributed by atoms with Crippen LogP contribution in [0.1, 0.15) is 37.8 Å². The van der Waals surface area contributed by atoms with Crippen LogP contribution in [-0.2, 0) is 12.8 Å². The van der Waals surface area contributed by atoms with Crippen molar-refractivity contribution in [1.29, 1.82) is 0 Å². The number of rotatable bonds is 4. The zero-order valence-corrected chi connectivity index (χ0v) is 10.8. The Morgan fingerprint density at radius 2 is 2.00 bits per heavy atom. The van der Waals surface area contributed by atoms with Crippen molar-refractivity contribution >= 4 is 11.0 Å². The van der Waals surface area contributed by atoms with Crippen molar-refractivity contribution in [3.8, 4) is 5.75 Å². The fourth-order valence-electron chi connectivity index (χ4n) is 2.33. The van der Waals surface area contributed by atoms with Crippen molar-refractivity contribution in [2.45, 2.75) is 39.5 Å². The molecule has 0 fully saturated rings. The molecule has 0 aliphatic rings. The van der Waals surface area contributed by atoms with Crippen LogP contribution in [0.2, 0.25) is 0 Å². The second kappa shape index (κ2) is 5.25. The molecule has 1 aromatic carbocycles. The SMILES string of the molecule is CCCCc1c(CC)c(=O)oc2cccc(O)c12. The summed E-state index contributed by atoms with van der Waals surface area (Å²) in [4.78, 5) is 11.9. The maximum absolute atomic E-state index is 11.9. The van der Waals surface area contributed by atoms with E-state index in [1.807, 2.05) is 6.92 Å². The Balaban J connectivity index is 2.77. The van der Waals surface area contributed by atoms with Crippen LogP contribution in [0.5, 0.6) is 5.75 Å². The van der Waals surface area contributed by atoms with Crippen molar-refractivity contribution in [2.24, 2.45) is 0 Å². The average Bonchev–Trinajstić information content (AvgIpc) is 2.35. The van der Waals surface area contributed by atoms with Gasteiger partial charge in [0.15, 0.2) is 0 Å². The van der Waals surface area contributed by atoms with E-state index in [0.29, 0.717) is 23.0 Å². The summed E-state index contributed by atoms with van der Waals surface area (Å²) in [5.74, 6) is 0.192. The molecule has 18 heavy (non-hydrogen) atoms. The van der Waals surface area contributed by atoms with Gasteiger partial charge in [-0.3, -0.25) is 0 Å². The molecule has 1 N–H and O–H groups in total. The zero-order chi connectivity index (χ0) is 13.1. The highest BCUT2D eigenvalue weighted by atomic mass is 16.4. The summed E-state index contributed by atoms with van der Waals surface area (Å²) in [5.41, 5.74) is 1.84. The lowest BCUT2D eigenvalue weighted by atomic mass is 9.97. The van der Waals surface area contributed by atoms with Gasteiger partial charge in [-0.05, 0) is 37.0 Å². The summed E-state index contributed by atoms with van der Waals surface area (Å²) in [6.45, 7) is 4.05. The van der Waals surface area contributed by atoms with Gasteiger partial charge < -0.3 is 9.52 Å². The van der Waals surface area contributed by atoms with E-state index in [2.05, 4.69) is 6.92 Å². The summed E-state index contributed by atoms with van der Waals surface area (Å²) in [6, 6.07) is 5.05. The van der Waals surface area contributed by atoms with E-state index in [-0.39, 0.29) is 11.4 Å². The normalized spacial score (nSPS) is 11.0. The van der Waals surface area contributed by atoms with E-state index < -0.39 is 0 Å². The first-order valence-electron chi connectivity index (χ1n) is 6.45. The molecule has 1 heterocycles. The molecule has 0 amide bonds. The van der Waals surface area contributed by atoms with E-state index in [1.165, 1.54) is 0 Å². The summed E-state index contributed by atoms with van der Waals surface area (Å²) >= 11 is 0. The largest absolute Gasteiger partial charge is 0.507 e. The van der Waals surface area contributed by atoms with Gasteiger partial charge in [-0.25, -0.2) is 4.79 Å². The van der Waals surface area contributed by atoms with E-state index in [9.17, 15) is 9.90 Å². The standard InChI is InChI=1S/C15H18O3/c1-3-5-7-11-10(4-2)15(17)18-13-9-6-8-12(16)14(11)13/h6,8-9,16H,3-5,7H2,1-2H3. The van der Waals surface area contributed by atoms with Crippen LogP contribution in [-0.4, -0.2) is 5.11 Å². The molecular formula is C15H18O3. The highest BCUT2D eigenvalue weighted by Crippen LogP contribution is 2.29. The van der Waals surface area contributed by atoms with Crippen molar-refractivity contribution in [3.63, 3.8) is 0 Å². The molecule has 0 unspecified atom stereocenters. The molecular weight excluding hydrogens is 228 g/mol. The van der Waals surface area contributed by atoms with E-state index >= 15 is 0 Å². The molecule has 3 heteroatoms. The molecule has 0 aliphatic carbocycles. The van der Waals surface area contributed by atoms with Crippen molar-refractivity contribution in [2.75, 3.05) is 0 Å². The number of unbranched alkanes of at least 4 members (excludes halogenated alkanes) is 1. The number of fused-ring (bicyclic) bond motifs is 1. The first-order chi connectivity index (χ1) is 8.69. The maximum Gasteiger partial charge on any atom is 0.339 e. The van der Waals surface area contributed by atoms with Gasteiger partial charge in [-0.1, -0.05) is 26.3 Å². The molecule has 0 aliphatic heterocycles. The number of phenols is 1. The molecule has 1 aromatic heterocycles. The van der Waals surface area contributed by atoms with Crippen LogP contribution in [0.15, 0.2) is 27.4 Å². The van der Waals surface area contributed by atoms with E-state index in [0.717, 1.165) is 24.8 Å². The van der Waals surface area contributed by atoms with Crippen LogP contribution in [0.4, 0.5) is 0 Å². The Labute approximate surface area is 106 Å². The highest BCUT2D eigenvalue weighted by Gasteiger charge is 2.15. The lowest BCUT2D eigenvalue weighted by Gasteiger charge is -2.11. The predicted octanol–water partition coefficient (Wildman–Crippen LogP) is 3.40. The van der Waals surface area contributed by atoms with Gasteiger partial charge in [-0.15, -0.1) is 0 Å². The number of benzene rings is 1. The molecule has 0 radical (unpaired) electrons. The molecule has 0 saturated carbocycles. The Bertz CT molecular complexity index is 611. The molecule has 2 rings (SSSR count). The number of aryl methyl sites for hydroxylation is 1. The Morgan fingerprint density at radius 3 is 2.67 bits per heavy atom. The van der Waals surface area contributed by atoms with Crippen LogP contribution in [0.25, 0.3) is 11.0 Å². The van der Waals surface area contributed by atoms with Crippen molar-refractivity contribution < 1.29 is 9.52 Å². The van der Waals surface area contributed by atoms with Gasteiger partial charge in [-0.2, -0.15) is 0 Å². The van der Waals surface area contributed by atoms with Crippen LogP contribution in [0.3, 0.4) is 0 Å². The van der Waals surface area contributed by atoms with Crippen molar-refractivity contribution in [1.82, 2.24) is 0 Å². The first-order valence-corrected chi connectivity index (χ1v) is 6.45. The maximum atomic E-state index is 11.9. The monoisotopic (exact) mass is 246 g/mol. The molecule has 3 nitrogen and oxygen atoms in total. The third kappa shape index (κ3) is 2.13. The van der Waals surface area contributed by atoms with Gasteiger partial charge in [0.2, 0.25) is 0 Å². The third-order valence-electron chi connectivity index (χ3n) is 3.25. The number of hydrogen-bond acceptors (Lipinski definition) is 3. The Morgan fingerprint density at radius 1 is 1.22 bits per heavy atom. The summed E-state index contributed by atoms with van der Waals surface area (Å²) in [5, 5.41) is 10.7. The highest BCUT2D eigenvalue weighted by molar-refractivity contribution is 5.87. The van der Waals surface area contributed by atoms with Crippen LogP contribution < -0.4 is 5.63 Å². The minimum Gasteiger partial charge on any atom is -0.507 e. The van der Waals surface area contributed by atoms with Gasteiger partial charge >= 0.3 is 5.63 Å². The minimum absolute atomic E-state index is 0.192. The summed E-state index contributed by atoms with van der Waals surface area (Å²) < 4.78 is 5.27. The lowest BCUT2D eigenvalue weighted by molar-refractivity contribution is 0.477. The number of phenolic OH excluding ortho intramolecular Hbond substituents is 1. The van der Waals surface area contributed by atoms with Gasteiger partial charge in [0.25, 0.3) is 0 Å². The molecule has 0 saturated heterocycles. The first kappa shape index (κ1) is 12.7. The summed E-state index contributed by atoms with van der Waals surface area (Å²) in [6.07, 6.45) is 3.49. The molecule has 0 bridgehead atoms. The fraction of sp³-hybridized carbons (Fsp3) is 0.400. The van der Waals surface area contributed by atoms with Gasteiger partial charge in [0.05, 0.1) is 5.39 Å². The number of aromatic hydroxyl groups is 1. The quantitative estimate of drug-likeness (QED) is 0.841. The zero-order valence-electron chi connectivity index (χ0n) is 10.8. The molecule has 96 valence electrons. The van der Waals surface area contributed by atoms with E-state index in [4.69, 9.17) is 4.42 Å².